The molecule has 0 spiro atoms. The van der Waals surface area contributed by atoms with Gasteiger partial charge >= 0.3 is 6.18 Å². The van der Waals surface area contributed by atoms with Crippen molar-refractivity contribution in [2.24, 2.45) is 0 Å². The van der Waals surface area contributed by atoms with Crippen LogP contribution < -0.4 is 5.32 Å². The van der Waals surface area contributed by atoms with Gasteiger partial charge in [-0.25, -0.2) is 4.98 Å². The second-order valence-electron chi connectivity index (χ2n) is 4.01. The molecule has 8 heteroatoms. The minimum atomic E-state index is -4.48. The summed E-state index contributed by atoms with van der Waals surface area (Å²) < 4.78 is 37.6. The van der Waals surface area contributed by atoms with Gasteiger partial charge in [0.2, 0.25) is 0 Å². The van der Waals surface area contributed by atoms with Gasteiger partial charge in [-0.2, -0.15) is 18.3 Å². The number of nitrogens with zero attached hydrogens (tertiary/aromatic N) is 2. The lowest BCUT2D eigenvalue weighted by Crippen LogP contribution is -2.14. The van der Waals surface area contributed by atoms with Crippen LogP contribution in [0.15, 0.2) is 24.4 Å². The summed E-state index contributed by atoms with van der Waals surface area (Å²) in [6, 6.07) is 3.13. The number of aromatic nitrogens is 3. The first-order valence-electron chi connectivity index (χ1n) is 5.79. The Kier molecular flexibility index (Phi) is 3.73. The molecule has 0 atom stereocenters. The van der Waals surface area contributed by atoms with E-state index in [1.165, 1.54) is 6.07 Å². The van der Waals surface area contributed by atoms with E-state index in [9.17, 15) is 18.0 Å². The lowest BCUT2D eigenvalue weighted by Gasteiger charge is -2.08. The summed E-state index contributed by atoms with van der Waals surface area (Å²) in [5, 5.41) is 8.69. The third-order valence-electron chi connectivity index (χ3n) is 2.57. The van der Waals surface area contributed by atoms with Crippen molar-refractivity contribution in [2.75, 3.05) is 5.32 Å². The van der Waals surface area contributed by atoms with E-state index in [-0.39, 0.29) is 11.5 Å². The summed E-state index contributed by atoms with van der Waals surface area (Å²) in [6.45, 7) is 1.88. The van der Waals surface area contributed by atoms with Gasteiger partial charge in [-0.1, -0.05) is 6.92 Å². The van der Waals surface area contributed by atoms with Gasteiger partial charge in [-0.3, -0.25) is 9.89 Å². The molecular formula is C12H11F3N4O. The van der Waals surface area contributed by atoms with E-state index in [4.69, 9.17) is 0 Å². The van der Waals surface area contributed by atoms with Crippen molar-refractivity contribution in [1.29, 1.82) is 0 Å². The molecule has 2 aromatic heterocycles. The number of carbonyl (C=O) groups is 1. The highest BCUT2D eigenvalue weighted by molar-refractivity contribution is 6.02. The molecule has 0 aromatic carbocycles. The lowest BCUT2D eigenvalue weighted by molar-refractivity contribution is -0.137. The van der Waals surface area contributed by atoms with Crippen molar-refractivity contribution in [3.8, 4) is 0 Å². The Morgan fingerprint density at radius 3 is 2.75 bits per heavy atom. The Labute approximate surface area is 112 Å². The molecular weight excluding hydrogens is 273 g/mol. The molecule has 0 bridgehead atoms. The number of pyridine rings is 1. The number of halogens is 3. The predicted molar refractivity (Wildman–Crippen MR) is 65.2 cm³/mol. The van der Waals surface area contributed by atoms with E-state index < -0.39 is 17.6 Å². The molecule has 0 aliphatic carbocycles. The number of H-pyrrole nitrogens is 1. The molecule has 106 valence electrons. The number of hydrogen-bond donors (Lipinski definition) is 2. The van der Waals surface area contributed by atoms with Gasteiger partial charge < -0.3 is 5.32 Å². The minimum absolute atomic E-state index is 0.0982. The van der Waals surface area contributed by atoms with Gasteiger partial charge in [0.05, 0.1) is 5.56 Å². The third kappa shape index (κ3) is 3.14. The second kappa shape index (κ2) is 5.32. The number of aryl methyl sites for hydroxylation is 1. The SMILES string of the molecule is CCc1cc(C(=O)Nc2cc(C(F)(F)F)ccn2)n[nH]1. The van der Waals surface area contributed by atoms with Crippen molar-refractivity contribution >= 4 is 11.7 Å². The fourth-order valence-electron chi connectivity index (χ4n) is 1.51. The first-order chi connectivity index (χ1) is 9.40. The van der Waals surface area contributed by atoms with Crippen molar-refractivity contribution in [3.63, 3.8) is 0 Å². The number of carbonyl (C=O) groups excluding carboxylic acids is 1. The van der Waals surface area contributed by atoms with Crippen LogP contribution in [-0.4, -0.2) is 21.1 Å². The Bertz CT molecular complexity index is 621. The lowest BCUT2D eigenvalue weighted by atomic mass is 10.2. The summed E-state index contributed by atoms with van der Waals surface area (Å²) in [5.74, 6) is -0.793. The zero-order valence-electron chi connectivity index (χ0n) is 10.5. The average molecular weight is 284 g/mol. The van der Waals surface area contributed by atoms with E-state index in [1.807, 2.05) is 6.92 Å². The molecule has 0 saturated carbocycles. The number of alkyl halides is 3. The first kappa shape index (κ1) is 14.0. The van der Waals surface area contributed by atoms with Gasteiger partial charge in [0.15, 0.2) is 5.69 Å². The maximum Gasteiger partial charge on any atom is 0.416 e. The van der Waals surface area contributed by atoms with Gasteiger partial charge in [0, 0.05) is 11.9 Å². The average Bonchev–Trinajstić information content (AvgIpc) is 2.87. The molecule has 2 aromatic rings. The zero-order chi connectivity index (χ0) is 14.8. The molecule has 0 radical (unpaired) electrons. The normalized spacial score (nSPS) is 11.4. The maximum atomic E-state index is 12.5. The Balaban J connectivity index is 2.15. The molecule has 0 saturated heterocycles. The van der Waals surface area contributed by atoms with Crippen molar-refractivity contribution < 1.29 is 18.0 Å². The highest BCUT2D eigenvalue weighted by Crippen LogP contribution is 2.29. The molecule has 5 nitrogen and oxygen atoms in total. The Hall–Kier alpha value is -2.38. The summed E-state index contributed by atoms with van der Waals surface area (Å²) in [5.41, 5.74) is -0.0210. The highest BCUT2D eigenvalue weighted by Gasteiger charge is 2.30. The highest BCUT2D eigenvalue weighted by atomic mass is 19.4. The molecule has 2 N–H and O–H groups in total. The van der Waals surface area contributed by atoms with E-state index in [0.29, 0.717) is 6.42 Å². The summed E-state index contributed by atoms with van der Waals surface area (Å²) in [4.78, 5) is 15.5. The van der Waals surface area contributed by atoms with Crippen LogP contribution >= 0.6 is 0 Å². The molecule has 1 amide bonds. The number of nitrogens with one attached hydrogen (secondary N) is 2. The first-order valence-corrected chi connectivity index (χ1v) is 5.79. The Morgan fingerprint density at radius 1 is 1.40 bits per heavy atom. The van der Waals surface area contributed by atoms with Gasteiger partial charge in [0.1, 0.15) is 5.82 Å². The van der Waals surface area contributed by atoms with Crippen LogP contribution in [-0.2, 0) is 12.6 Å². The summed E-state index contributed by atoms with van der Waals surface area (Å²) >= 11 is 0. The fraction of sp³-hybridized carbons (Fsp3) is 0.250. The monoisotopic (exact) mass is 284 g/mol. The number of aromatic amines is 1. The number of rotatable bonds is 3. The van der Waals surface area contributed by atoms with Crippen LogP contribution in [0.2, 0.25) is 0 Å². The molecule has 20 heavy (non-hydrogen) atoms. The standard InChI is InChI=1S/C12H11F3N4O/c1-2-8-6-9(19-18-8)11(20)17-10-5-7(3-4-16-10)12(13,14)15/h3-6H,2H2,1H3,(H,18,19)(H,16,17,20). The summed E-state index contributed by atoms with van der Waals surface area (Å²) in [7, 11) is 0. The van der Waals surface area contributed by atoms with Crippen LogP contribution in [0.3, 0.4) is 0 Å². The molecule has 2 heterocycles. The molecule has 0 fully saturated rings. The largest absolute Gasteiger partial charge is 0.416 e. The van der Waals surface area contributed by atoms with E-state index in [1.54, 1.807) is 0 Å². The zero-order valence-corrected chi connectivity index (χ0v) is 10.5. The number of anilines is 1. The smallest absolute Gasteiger partial charge is 0.305 e. The van der Waals surface area contributed by atoms with Crippen LogP contribution in [0.25, 0.3) is 0 Å². The minimum Gasteiger partial charge on any atom is -0.305 e. The quantitative estimate of drug-likeness (QED) is 0.910. The van der Waals surface area contributed by atoms with Gasteiger partial charge in [-0.05, 0) is 24.6 Å². The van der Waals surface area contributed by atoms with Gasteiger partial charge in [0.25, 0.3) is 5.91 Å². The van der Waals surface area contributed by atoms with E-state index >= 15 is 0 Å². The predicted octanol–water partition coefficient (Wildman–Crippen LogP) is 2.64. The topological polar surface area (TPSA) is 70.7 Å². The van der Waals surface area contributed by atoms with Crippen molar-refractivity contribution in [1.82, 2.24) is 15.2 Å². The molecule has 0 unspecified atom stereocenters. The van der Waals surface area contributed by atoms with Crippen molar-refractivity contribution in [3.05, 3.63) is 41.3 Å². The third-order valence-corrected chi connectivity index (χ3v) is 2.57. The molecule has 0 aliphatic heterocycles. The number of amides is 1. The second-order valence-corrected chi connectivity index (χ2v) is 4.01. The van der Waals surface area contributed by atoms with E-state index in [0.717, 1.165) is 24.0 Å². The van der Waals surface area contributed by atoms with E-state index in [2.05, 4.69) is 20.5 Å². The Morgan fingerprint density at radius 2 is 2.15 bits per heavy atom. The maximum absolute atomic E-state index is 12.5. The summed E-state index contributed by atoms with van der Waals surface area (Å²) in [6.07, 6.45) is -2.83. The molecule has 2 rings (SSSR count). The van der Waals surface area contributed by atoms with Crippen LogP contribution in [0.4, 0.5) is 19.0 Å². The van der Waals surface area contributed by atoms with Gasteiger partial charge in [-0.15, -0.1) is 0 Å². The van der Waals surface area contributed by atoms with Crippen molar-refractivity contribution in [2.45, 2.75) is 19.5 Å². The van der Waals surface area contributed by atoms with Crippen LogP contribution in [0.1, 0.15) is 28.7 Å². The number of hydrogen-bond acceptors (Lipinski definition) is 3. The fourth-order valence-corrected chi connectivity index (χ4v) is 1.51. The molecule has 0 aliphatic rings. The van der Waals surface area contributed by atoms with Crippen LogP contribution in [0.5, 0.6) is 0 Å². The van der Waals surface area contributed by atoms with Crippen LogP contribution in [0, 0.1) is 0 Å².